The summed E-state index contributed by atoms with van der Waals surface area (Å²) < 4.78 is 47.5. The van der Waals surface area contributed by atoms with Gasteiger partial charge < -0.3 is 32.7 Å². The second-order valence-electron chi connectivity index (χ2n) is 15.1. The summed E-state index contributed by atoms with van der Waals surface area (Å²) in [5.74, 6) is 1.38. The topological polar surface area (TPSA) is 152 Å². The lowest BCUT2D eigenvalue weighted by molar-refractivity contribution is -0.0926. The van der Waals surface area contributed by atoms with E-state index in [1.807, 2.05) is 97.1 Å². The number of methoxy groups -OCH3 is 2. The van der Waals surface area contributed by atoms with Gasteiger partial charge in [-0.2, -0.15) is 0 Å². The van der Waals surface area contributed by atoms with Crippen molar-refractivity contribution < 1.29 is 37.5 Å². The van der Waals surface area contributed by atoms with Crippen LogP contribution in [0.3, 0.4) is 0 Å². The number of carbonyl (C=O) groups excluding carboxylic acids is 1. The maximum atomic E-state index is 13.3. The number of aromatic amines is 1. The number of amides is 1. The van der Waals surface area contributed by atoms with Crippen molar-refractivity contribution in [3.8, 4) is 11.5 Å². The summed E-state index contributed by atoms with van der Waals surface area (Å²) >= 11 is 0. The smallest absolute Gasteiger partial charge is 0.411 e. The Balaban J connectivity index is 1.35. The number of nitrogens with zero attached hydrogens (tertiary/aromatic N) is 2. The van der Waals surface area contributed by atoms with Crippen LogP contribution in [0, 0.1) is 6.92 Å². The molecular weight excluding hydrogens is 799 g/mol. The number of hydrogen-bond acceptors (Lipinski definition) is 11. The molecule has 1 unspecified atom stereocenters. The Labute approximate surface area is 357 Å². The van der Waals surface area contributed by atoms with E-state index in [1.165, 1.54) is 10.8 Å². The van der Waals surface area contributed by atoms with E-state index in [9.17, 15) is 14.4 Å². The first kappa shape index (κ1) is 45.2. The molecule has 1 aliphatic heterocycles. The number of nitrogens with one attached hydrogen (secondary N) is 2. The van der Waals surface area contributed by atoms with Gasteiger partial charge in [-0.25, -0.2) is 14.3 Å². The summed E-state index contributed by atoms with van der Waals surface area (Å²) in [6.07, 6.45) is -1.11. The molecule has 1 fully saturated rings. The highest BCUT2D eigenvalue weighted by molar-refractivity contribution is 7.44. The number of benzene rings is 4. The fourth-order valence-corrected chi connectivity index (χ4v) is 9.12. The molecule has 0 bridgehead atoms. The molecule has 0 radical (unpaired) electrons. The molecular formula is C46H55N4O10P. The SMILES string of the molecule is COc1ccc(C(OC[C@H]2O[C@@H](n3cc(C)c(=O)[nH]c3=O)C[C@@H]2OP(OCCOC(=O)Nc2ccccc2)N(C(C)C)C(C)C)(c2ccccc2)c2ccc(OC)cc2)cc1. The van der Waals surface area contributed by atoms with E-state index < -0.39 is 49.9 Å². The fraction of sp³-hybridized carbons (Fsp3) is 0.370. The lowest BCUT2D eigenvalue weighted by atomic mass is 9.80. The third-order valence-electron chi connectivity index (χ3n) is 10.3. The van der Waals surface area contributed by atoms with Crippen molar-refractivity contribution in [3.63, 3.8) is 0 Å². The zero-order chi connectivity index (χ0) is 43.5. The number of carbonyl (C=O) groups is 1. The number of aromatic nitrogens is 2. The van der Waals surface area contributed by atoms with Crippen LogP contribution in [0.2, 0.25) is 0 Å². The van der Waals surface area contributed by atoms with Gasteiger partial charge in [-0.05, 0) is 87.7 Å². The third-order valence-corrected chi connectivity index (χ3v) is 12.4. The molecule has 4 atom stereocenters. The molecule has 1 saturated heterocycles. The average Bonchev–Trinajstić information content (AvgIpc) is 3.66. The molecule has 1 aliphatic rings. The molecule has 1 aromatic heterocycles. The van der Waals surface area contributed by atoms with Crippen molar-refractivity contribution in [2.24, 2.45) is 0 Å². The number of rotatable bonds is 19. The van der Waals surface area contributed by atoms with E-state index in [0.717, 1.165) is 16.7 Å². The Bertz CT molecular complexity index is 2220. The van der Waals surface area contributed by atoms with Crippen molar-refractivity contribution in [1.82, 2.24) is 14.2 Å². The quantitative estimate of drug-likeness (QED) is 0.0471. The zero-order valence-corrected chi connectivity index (χ0v) is 36.5. The van der Waals surface area contributed by atoms with E-state index in [2.05, 4.69) is 42.7 Å². The van der Waals surface area contributed by atoms with Crippen molar-refractivity contribution in [2.75, 3.05) is 39.4 Å². The Morgan fingerprint density at radius 2 is 1.39 bits per heavy atom. The molecule has 61 heavy (non-hydrogen) atoms. The summed E-state index contributed by atoms with van der Waals surface area (Å²) in [4.78, 5) is 40.7. The standard InChI is InChI=1S/C46H55N4O10P/c1-31(2)50(32(3)4)61(58-27-26-56-45(53)47-37-16-12-9-13-17-37)60-40-28-42(49-29-33(5)43(51)48-44(49)52)59-41(40)30-57-46(34-14-10-8-11-15-34,35-18-22-38(54-6)23-19-35)36-20-24-39(55-7)25-21-36/h8-25,29,31-32,40-42H,26-28,30H2,1-7H3,(H,47,53)(H,48,51,52)/t40-,41+,42+,61?/m0/s1. The van der Waals surface area contributed by atoms with Crippen molar-refractivity contribution in [2.45, 2.75) is 77.2 Å². The third kappa shape index (κ3) is 10.9. The van der Waals surface area contributed by atoms with E-state index >= 15 is 0 Å². The summed E-state index contributed by atoms with van der Waals surface area (Å²) in [5.41, 5.74) is 1.24. The Kier molecular flexibility index (Phi) is 15.5. The van der Waals surface area contributed by atoms with Gasteiger partial charge in [-0.3, -0.25) is 19.7 Å². The Morgan fingerprint density at radius 1 is 0.836 bits per heavy atom. The first-order valence-corrected chi connectivity index (χ1v) is 21.4. The molecule has 6 rings (SSSR count). The van der Waals surface area contributed by atoms with Crippen molar-refractivity contribution >= 4 is 20.3 Å². The van der Waals surface area contributed by atoms with Gasteiger partial charge in [0.1, 0.15) is 36.0 Å². The minimum Gasteiger partial charge on any atom is -0.497 e. The minimum atomic E-state index is -1.80. The van der Waals surface area contributed by atoms with E-state index in [1.54, 1.807) is 33.3 Å². The zero-order valence-electron chi connectivity index (χ0n) is 35.6. The van der Waals surface area contributed by atoms with Gasteiger partial charge in [0, 0.05) is 36.0 Å². The monoisotopic (exact) mass is 854 g/mol. The van der Waals surface area contributed by atoms with Crippen LogP contribution >= 0.6 is 8.53 Å². The van der Waals surface area contributed by atoms with E-state index in [0.29, 0.717) is 22.7 Å². The van der Waals surface area contributed by atoms with Gasteiger partial charge in [-0.15, -0.1) is 0 Å². The van der Waals surface area contributed by atoms with E-state index in [4.69, 9.17) is 32.7 Å². The summed E-state index contributed by atoms with van der Waals surface area (Å²) in [6.45, 7) is 9.88. The van der Waals surface area contributed by atoms with Crippen molar-refractivity contribution in [1.29, 1.82) is 0 Å². The molecule has 5 aromatic rings. The average molecular weight is 855 g/mol. The first-order valence-electron chi connectivity index (χ1n) is 20.3. The molecule has 0 spiro atoms. The Morgan fingerprint density at radius 3 is 1.95 bits per heavy atom. The van der Waals surface area contributed by atoms with E-state index in [-0.39, 0.29) is 38.3 Å². The van der Waals surface area contributed by atoms with Crippen molar-refractivity contribution in [3.05, 3.63) is 158 Å². The maximum Gasteiger partial charge on any atom is 0.411 e. The molecule has 0 aliphatic carbocycles. The highest BCUT2D eigenvalue weighted by Gasteiger charge is 2.45. The number of ether oxygens (including phenoxy) is 5. The van der Waals surface area contributed by atoms with Gasteiger partial charge in [0.25, 0.3) is 14.1 Å². The van der Waals surface area contributed by atoms with Gasteiger partial charge in [0.2, 0.25) is 0 Å². The highest BCUT2D eigenvalue weighted by Crippen LogP contribution is 2.50. The number of para-hydroxylation sites is 1. The fourth-order valence-electron chi connectivity index (χ4n) is 7.38. The van der Waals surface area contributed by atoms with Gasteiger partial charge in [0.05, 0.1) is 33.5 Å². The second kappa shape index (κ2) is 21.0. The molecule has 2 N–H and O–H groups in total. The summed E-state index contributed by atoms with van der Waals surface area (Å²) in [7, 11) is 1.45. The molecule has 2 heterocycles. The maximum absolute atomic E-state index is 13.3. The first-order chi connectivity index (χ1) is 29.4. The van der Waals surface area contributed by atoms with Gasteiger partial charge in [0.15, 0.2) is 0 Å². The summed E-state index contributed by atoms with van der Waals surface area (Å²) in [5, 5.41) is 2.71. The lowest BCUT2D eigenvalue weighted by Crippen LogP contribution is -2.40. The molecule has 14 nitrogen and oxygen atoms in total. The van der Waals surface area contributed by atoms with Gasteiger partial charge >= 0.3 is 11.8 Å². The molecule has 0 saturated carbocycles. The predicted octanol–water partition coefficient (Wildman–Crippen LogP) is 8.15. The number of hydrogen-bond donors (Lipinski definition) is 2. The Hall–Kier alpha value is -5.34. The second-order valence-corrected chi connectivity index (χ2v) is 16.5. The van der Waals surface area contributed by atoms with Gasteiger partial charge in [-0.1, -0.05) is 72.8 Å². The lowest BCUT2D eigenvalue weighted by Gasteiger charge is -2.39. The largest absolute Gasteiger partial charge is 0.497 e. The van der Waals surface area contributed by atoms with Crippen LogP contribution in [-0.2, 0) is 28.9 Å². The molecule has 15 heteroatoms. The van der Waals surface area contributed by atoms with Crippen LogP contribution in [0.25, 0.3) is 0 Å². The van der Waals surface area contributed by atoms with Crippen LogP contribution in [-0.4, -0.2) is 78.6 Å². The van der Waals surface area contributed by atoms with Crippen LogP contribution in [0.5, 0.6) is 11.5 Å². The number of H-pyrrole nitrogens is 1. The molecule has 324 valence electrons. The molecule has 1 amide bonds. The van der Waals surface area contributed by atoms with Crippen LogP contribution in [0.1, 0.15) is 62.6 Å². The highest BCUT2D eigenvalue weighted by atomic mass is 31.2. The normalized spacial score (nSPS) is 17.1. The number of aryl methyl sites for hydroxylation is 1. The van der Waals surface area contributed by atoms with Crippen LogP contribution < -0.4 is 26.0 Å². The summed E-state index contributed by atoms with van der Waals surface area (Å²) in [6, 6.07) is 34.4. The number of anilines is 1. The minimum absolute atomic E-state index is 0.000500. The van der Waals surface area contributed by atoms with Crippen LogP contribution in [0.4, 0.5) is 10.5 Å². The molecule has 4 aromatic carbocycles. The van der Waals surface area contributed by atoms with Crippen LogP contribution in [0.15, 0.2) is 125 Å². The predicted molar refractivity (Wildman–Crippen MR) is 234 cm³/mol.